The van der Waals surface area contributed by atoms with E-state index in [0.29, 0.717) is 25.2 Å². The number of hydrogen-bond acceptors (Lipinski definition) is 3. The molecule has 1 heterocycles. The molecule has 1 aliphatic rings. The number of amides is 2. The highest BCUT2D eigenvalue weighted by Crippen LogP contribution is 2.24. The van der Waals surface area contributed by atoms with Gasteiger partial charge in [0.05, 0.1) is 18.6 Å². The van der Waals surface area contributed by atoms with Gasteiger partial charge in [-0.15, -0.1) is 0 Å². The zero-order chi connectivity index (χ0) is 20.2. The molecule has 0 bridgehead atoms. The van der Waals surface area contributed by atoms with E-state index in [1.165, 1.54) is 0 Å². The van der Waals surface area contributed by atoms with Gasteiger partial charge in [-0.1, -0.05) is 12.1 Å². The van der Waals surface area contributed by atoms with Crippen molar-refractivity contribution in [3.63, 3.8) is 0 Å². The molecule has 148 valence electrons. The van der Waals surface area contributed by atoms with Crippen LogP contribution in [0.4, 0.5) is 0 Å². The summed E-state index contributed by atoms with van der Waals surface area (Å²) in [6.45, 7) is 12.5. The molecule has 1 saturated heterocycles. The average molecular weight is 374 g/mol. The Labute approximate surface area is 161 Å². The van der Waals surface area contributed by atoms with E-state index in [1.807, 2.05) is 42.7 Å². The van der Waals surface area contributed by atoms with Crippen LogP contribution in [0, 0.1) is 0 Å². The lowest BCUT2D eigenvalue weighted by atomic mass is 9.96. The molecule has 1 fully saturated rings. The Morgan fingerprint density at radius 3 is 2.41 bits per heavy atom. The second kappa shape index (κ2) is 8.41. The van der Waals surface area contributed by atoms with Crippen LogP contribution >= 0.6 is 0 Å². The van der Waals surface area contributed by atoms with E-state index in [4.69, 9.17) is 10.7 Å². The summed E-state index contributed by atoms with van der Waals surface area (Å²) >= 11 is 0. The van der Waals surface area contributed by atoms with Gasteiger partial charge in [-0.2, -0.15) is 0 Å². The van der Waals surface area contributed by atoms with Gasteiger partial charge in [0.2, 0.25) is 11.8 Å². The number of piperazine rings is 1. The molecule has 7 heteroatoms. The molecule has 0 aromatic heterocycles. The van der Waals surface area contributed by atoms with Gasteiger partial charge in [0.25, 0.3) is 0 Å². The Kier molecular flexibility index (Phi) is 6.46. The molecule has 2 amide bonds. The van der Waals surface area contributed by atoms with Gasteiger partial charge in [-0.3, -0.25) is 9.59 Å². The summed E-state index contributed by atoms with van der Waals surface area (Å²) in [5.41, 5.74) is 6.45. The van der Waals surface area contributed by atoms with Crippen molar-refractivity contribution in [3.05, 3.63) is 35.4 Å². The molecule has 0 saturated carbocycles. The van der Waals surface area contributed by atoms with Crippen LogP contribution in [0.2, 0.25) is 0 Å². The van der Waals surface area contributed by atoms with Gasteiger partial charge in [0, 0.05) is 24.7 Å². The molecular formula is C20H31N5O2. The number of benzene rings is 1. The number of nitrogens with two attached hydrogens (primary N) is 1. The van der Waals surface area contributed by atoms with Crippen LogP contribution in [-0.2, 0) is 11.3 Å². The number of primary amides is 1. The van der Waals surface area contributed by atoms with E-state index in [9.17, 15) is 9.59 Å². The van der Waals surface area contributed by atoms with Crippen LogP contribution in [0.3, 0.4) is 0 Å². The SMILES string of the molecule is CCNC(=NCc1ccc(C(N)=O)cc1)N1CC(=O)N(C(C)C)C(C)(C)C1. The monoisotopic (exact) mass is 373 g/mol. The maximum absolute atomic E-state index is 12.7. The van der Waals surface area contributed by atoms with Crippen LogP contribution in [0.1, 0.15) is 50.5 Å². The first-order chi connectivity index (χ1) is 12.7. The predicted molar refractivity (Wildman–Crippen MR) is 107 cm³/mol. The van der Waals surface area contributed by atoms with Crippen LogP contribution < -0.4 is 11.1 Å². The van der Waals surface area contributed by atoms with Gasteiger partial charge in [-0.25, -0.2) is 4.99 Å². The van der Waals surface area contributed by atoms with Crippen molar-refractivity contribution < 1.29 is 9.59 Å². The van der Waals surface area contributed by atoms with Crippen molar-refractivity contribution in [3.8, 4) is 0 Å². The summed E-state index contributed by atoms with van der Waals surface area (Å²) < 4.78 is 0. The first kappa shape index (κ1) is 20.7. The number of aliphatic imine (C=N–C) groups is 1. The molecule has 1 aromatic rings. The van der Waals surface area contributed by atoms with Crippen LogP contribution in [-0.4, -0.2) is 58.8 Å². The summed E-state index contributed by atoms with van der Waals surface area (Å²) in [6, 6.07) is 7.26. The number of nitrogens with one attached hydrogen (secondary N) is 1. The lowest BCUT2D eigenvalue weighted by Gasteiger charge is -2.49. The largest absolute Gasteiger partial charge is 0.366 e. The van der Waals surface area contributed by atoms with E-state index in [0.717, 1.165) is 18.1 Å². The molecule has 0 unspecified atom stereocenters. The van der Waals surface area contributed by atoms with E-state index in [1.54, 1.807) is 12.1 Å². The number of carbonyl (C=O) groups is 2. The zero-order valence-corrected chi connectivity index (χ0v) is 17.0. The molecule has 0 atom stereocenters. The third-order valence-corrected chi connectivity index (χ3v) is 4.63. The van der Waals surface area contributed by atoms with Crippen molar-refractivity contribution in [1.29, 1.82) is 0 Å². The number of nitrogens with zero attached hydrogens (tertiary/aromatic N) is 3. The summed E-state index contributed by atoms with van der Waals surface area (Å²) in [6.07, 6.45) is 0. The molecule has 0 radical (unpaired) electrons. The fourth-order valence-corrected chi connectivity index (χ4v) is 3.68. The Morgan fingerprint density at radius 1 is 1.30 bits per heavy atom. The first-order valence-corrected chi connectivity index (χ1v) is 9.40. The molecular weight excluding hydrogens is 342 g/mol. The van der Waals surface area contributed by atoms with Crippen LogP contribution in [0.25, 0.3) is 0 Å². The fraction of sp³-hybridized carbons (Fsp3) is 0.550. The smallest absolute Gasteiger partial charge is 0.248 e. The molecule has 7 nitrogen and oxygen atoms in total. The van der Waals surface area contributed by atoms with Crippen LogP contribution in [0.15, 0.2) is 29.3 Å². The van der Waals surface area contributed by atoms with Crippen LogP contribution in [0.5, 0.6) is 0 Å². The van der Waals surface area contributed by atoms with Gasteiger partial charge in [0.1, 0.15) is 0 Å². The molecule has 3 N–H and O–H groups in total. The molecule has 1 aliphatic heterocycles. The summed E-state index contributed by atoms with van der Waals surface area (Å²) in [5, 5.41) is 3.29. The quantitative estimate of drug-likeness (QED) is 0.606. The summed E-state index contributed by atoms with van der Waals surface area (Å²) in [5.74, 6) is 0.390. The Bertz CT molecular complexity index is 710. The molecule has 27 heavy (non-hydrogen) atoms. The molecule has 1 aromatic carbocycles. The van der Waals surface area contributed by atoms with Gasteiger partial charge < -0.3 is 20.9 Å². The number of carbonyl (C=O) groups excluding carboxylic acids is 2. The Hall–Kier alpha value is -2.57. The Morgan fingerprint density at radius 2 is 1.93 bits per heavy atom. The molecule has 0 spiro atoms. The minimum absolute atomic E-state index is 0.109. The number of rotatable bonds is 5. The highest BCUT2D eigenvalue weighted by atomic mass is 16.2. The topological polar surface area (TPSA) is 91.0 Å². The second-order valence-corrected chi connectivity index (χ2v) is 7.76. The first-order valence-electron chi connectivity index (χ1n) is 9.40. The summed E-state index contributed by atoms with van der Waals surface area (Å²) in [7, 11) is 0. The van der Waals surface area contributed by atoms with Crippen molar-refractivity contribution >= 4 is 17.8 Å². The molecule has 0 aliphatic carbocycles. The van der Waals surface area contributed by atoms with Gasteiger partial charge in [0.15, 0.2) is 5.96 Å². The van der Waals surface area contributed by atoms with E-state index < -0.39 is 5.91 Å². The molecule has 2 rings (SSSR count). The highest BCUT2D eigenvalue weighted by molar-refractivity contribution is 5.92. The third kappa shape index (κ3) is 4.99. The maximum Gasteiger partial charge on any atom is 0.248 e. The van der Waals surface area contributed by atoms with Crippen molar-refractivity contribution in [2.24, 2.45) is 10.7 Å². The standard InChI is InChI=1S/C20H31N5O2/c1-6-22-19(23-11-15-7-9-16(10-8-15)18(21)27)24-12-17(26)25(14(2)3)20(4,5)13-24/h7-10,14H,6,11-13H2,1-5H3,(H2,21,27)(H,22,23). The lowest BCUT2D eigenvalue weighted by molar-refractivity contribution is -0.145. The van der Waals surface area contributed by atoms with Crippen molar-refractivity contribution in [2.75, 3.05) is 19.6 Å². The van der Waals surface area contributed by atoms with Gasteiger partial charge in [-0.05, 0) is 52.3 Å². The zero-order valence-electron chi connectivity index (χ0n) is 17.0. The normalized spacial score (nSPS) is 17.4. The number of hydrogen-bond donors (Lipinski definition) is 2. The van der Waals surface area contributed by atoms with Crippen molar-refractivity contribution in [2.45, 2.75) is 52.7 Å². The lowest BCUT2D eigenvalue weighted by Crippen LogP contribution is -2.66. The van der Waals surface area contributed by atoms with Crippen molar-refractivity contribution in [1.82, 2.24) is 15.1 Å². The Balaban J connectivity index is 2.17. The summed E-state index contributed by atoms with van der Waals surface area (Å²) in [4.78, 5) is 32.5. The fourth-order valence-electron chi connectivity index (χ4n) is 3.68. The predicted octanol–water partition coefficient (Wildman–Crippen LogP) is 1.58. The minimum atomic E-state index is -0.442. The maximum atomic E-state index is 12.7. The third-order valence-electron chi connectivity index (χ3n) is 4.63. The van der Waals surface area contributed by atoms with E-state index in [-0.39, 0.29) is 17.5 Å². The average Bonchev–Trinajstić information content (AvgIpc) is 2.57. The number of guanidine groups is 1. The van der Waals surface area contributed by atoms with Gasteiger partial charge >= 0.3 is 0 Å². The highest BCUT2D eigenvalue weighted by Gasteiger charge is 2.40. The second-order valence-electron chi connectivity index (χ2n) is 7.76. The van der Waals surface area contributed by atoms with E-state index in [2.05, 4.69) is 19.2 Å². The minimum Gasteiger partial charge on any atom is -0.366 e. The van der Waals surface area contributed by atoms with E-state index >= 15 is 0 Å².